The summed E-state index contributed by atoms with van der Waals surface area (Å²) in [6.45, 7) is 15.6. The van der Waals surface area contributed by atoms with Crippen molar-refractivity contribution in [2.45, 2.75) is 66.8 Å². The lowest BCUT2D eigenvalue weighted by atomic mass is 9.92. The average molecular weight is 385 g/mol. The van der Waals surface area contributed by atoms with Crippen LogP contribution in [0.5, 0.6) is 0 Å². The third-order valence-corrected chi connectivity index (χ3v) is 4.89. The van der Waals surface area contributed by atoms with E-state index in [4.69, 9.17) is 5.10 Å². The van der Waals surface area contributed by atoms with Crippen LogP contribution in [0.1, 0.15) is 58.4 Å². The van der Waals surface area contributed by atoms with Crippen molar-refractivity contribution in [2.24, 2.45) is 0 Å². The highest BCUT2D eigenvalue weighted by atomic mass is 16.2. The van der Waals surface area contributed by atoms with Crippen molar-refractivity contribution >= 4 is 17.6 Å². The monoisotopic (exact) mass is 384 g/mol. The first-order valence-corrected chi connectivity index (χ1v) is 9.66. The Morgan fingerprint density at radius 1 is 1.21 bits per heavy atom. The van der Waals surface area contributed by atoms with E-state index in [2.05, 4.69) is 39.1 Å². The highest BCUT2D eigenvalue weighted by Crippen LogP contribution is 2.28. The number of anilines is 1. The van der Waals surface area contributed by atoms with E-state index in [1.165, 1.54) is 6.92 Å². The van der Waals surface area contributed by atoms with Crippen LogP contribution >= 0.6 is 0 Å². The Kier molecular flexibility index (Phi) is 6.32. The summed E-state index contributed by atoms with van der Waals surface area (Å²) in [5.41, 5.74) is 3.92. The molecule has 0 saturated heterocycles. The molecular formula is C22H32N4O2. The van der Waals surface area contributed by atoms with Gasteiger partial charge in [0.2, 0.25) is 11.8 Å². The van der Waals surface area contributed by atoms with Gasteiger partial charge in [-0.15, -0.1) is 0 Å². The summed E-state index contributed by atoms with van der Waals surface area (Å²) >= 11 is 0. The number of hydrogen-bond acceptors (Lipinski definition) is 3. The van der Waals surface area contributed by atoms with Crippen LogP contribution in [0.2, 0.25) is 0 Å². The van der Waals surface area contributed by atoms with Gasteiger partial charge < -0.3 is 10.2 Å². The van der Waals surface area contributed by atoms with Crippen molar-refractivity contribution in [1.82, 2.24) is 14.7 Å². The van der Waals surface area contributed by atoms with Gasteiger partial charge in [0.25, 0.3) is 0 Å². The zero-order chi connectivity index (χ0) is 21.2. The molecular weight excluding hydrogens is 352 g/mol. The Morgan fingerprint density at radius 3 is 2.39 bits per heavy atom. The Hall–Kier alpha value is -2.63. The lowest BCUT2D eigenvalue weighted by Gasteiger charge is -2.24. The number of carbonyl (C=O) groups is 2. The van der Waals surface area contributed by atoms with E-state index in [-0.39, 0.29) is 29.8 Å². The Labute approximate surface area is 167 Å². The Balaban J connectivity index is 2.43. The van der Waals surface area contributed by atoms with Crippen molar-refractivity contribution in [2.75, 3.05) is 11.9 Å². The molecule has 0 bridgehead atoms. The van der Waals surface area contributed by atoms with Gasteiger partial charge in [-0.1, -0.05) is 32.9 Å². The van der Waals surface area contributed by atoms with Crippen LogP contribution in [-0.4, -0.2) is 39.1 Å². The van der Waals surface area contributed by atoms with Crippen molar-refractivity contribution in [3.8, 4) is 5.69 Å². The van der Waals surface area contributed by atoms with E-state index in [0.29, 0.717) is 5.82 Å². The molecule has 1 aromatic carbocycles. The standard InChI is InChI=1S/C22H32N4O2/c1-14(2)25(17(5)27)13-21(28)23-20-12-19(22(6,7)8)24-26(20)18-11-9-10-15(3)16(18)4/h9-12,14H,13H2,1-8H3,(H,23,28). The Morgan fingerprint density at radius 2 is 1.86 bits per heavy atom. The van der Waals surface area contributed by atoms with Crippen LogP contribution in [0.4, 0.5) is 5.82 Å². The Bertz CT molecular complexity index is 875. The molecule has 0 unspecified atom stereocenters. The third-order valence-electron chi connectivity index (χ3n) is 4.89. The number of rotatable bonds is 5. The lowest BCUT2D eigenvalue weighted by Crippen LogP contribution is -2.41. The molecule has 0 fully saturated rings. The molecule has 6 nitrogen and oxygen atoms in total. The molecule has 152 valence electrons. The molecule has 1 N–H and O–H groups in total. The normalized spacial score (nSPS) is 11.6. The quantitative estimate of drug-likeness (QED) is 0.848. The molecule has 28 heavy (non-hydrogen) atoms. The number of amides is 2. The largest absolute Gasteiger partial charge is 0.331 e. The molecule has 0 saturated carbocycles. The van der Waals surface area contributed by atoms with E-state index in [9.17, 15) is 9.59 Å². The smallest absolute Gasteiger partial charge is 0.245 e. The predicted molar refractivity (Wildman–Crippen MR) is 113 cm³/mol. The molecule has 1 aromatic heterocycles. The molecule has 0 atom stereocenters. The maximum atomic E-state index is 12.7. The minimum absolute atomic E-state index is 0.00975. The molecule has 1 heterocycles. The van der Waals surface area contributed by atoms with Crippen LogP contribution < -0.4 is 5.32 Å². The second-order valence-electron chi connectivity index (χ2n) is 8.58. The SMILES string of the molecule is CC(=O)N(CC(=O)Nc1cc(C(C)(C)C)nn1-c1cccc(C)c1C)C(C)C. The molecule has 0 spiro atoms. The van der Waals surface area contributed by atoms with E-state index in [0.717, 1.165) is 22.5 Å². The van der Waals surface area contributed by atoms with Crippen LogP contribution in [-0.2, 0) is 15.0 Å². The summed E-state index contributed by atoms with van der Waals surface area (Å²) in [5.74, 6) is 0.246. The number of carbonyl (C=O) groups excluding carboxylic acids is 2. The topological polar surface area (TPSA) is 67.2 Å². The van der Waals surface area contributed by atoms with Crippen LogP contribution in [0.3, 0.4) is 0 Å². The van der Waals surface area contributed by atoms with Crippen LogP contribution in [0.25, 0.3) is 5.69 Å². The lowest BCUT2D eigenvalue weighted by molar-refractivity contribution is -0.134. The second kappa shape index (κ2) is 8.17. The zero-order valence-electron chi connectivity index (χ0n) is 18.3. The second-order valence-corrected chi connectivity index (χ2v) is 8.58. The molecule has 0 aliphatic heterocycles. The predicted octanol–water partition coefficient (Wildman–Crippen LogP) is 3.98. The first-order valence-electron chi connectivity index (χ1n) is 9.66. The number of aryl methyl sites for hydroxylation is 1. The average Bonchev–Trinajstić information content (AvgIpc) is 2.98. The number of benzene rings is 1. The highest BCUT2D eigenvalue weighted by molar-refractivity contribution is 5.94. The third kappa shape index (κ3) is 4.80. The van der Waals surface area contributed by atoms with Crippen molar-refractivity contribution in [3.63, 3.8) is 0 Å². The van der Waals surface area contributed by atoms with Crippen molar-refractivity contribution < 1.29 is 9.59 Å². The maximum absolute atomic E-state index is 12.7. The van der Waals surface area contributed by atoms with Crippen molar-refractivity contribution in [1.29, 1.82) is 0 Å². The van der Waals surface area contributed by atoms with Gasteiger partial charge in [-0.05, 0) is 44.9 Å². The molecule has 0 aliphatic carbocycles. The summed E-state index contributed by atoms with van der Waals surface area (Å²) in [6, 6.07) is 7.90. The fourth-order valence-corrected chi connectivity index (χ4v) is 2.98. The van der Waals surface area contributed by atoms with Gasteiger partial charge in [-0.25, -0.2) is 4.68 Å². The fourth-order valence-electron chi connectivity index (χ4n) is 2.98. The zero-order valence-corrected chi connectivity index (χ0v) is 18.3. The minimum atomic E-state index is -0.240. The molecule has 0 radical (unpaired) electrons. The van der Waals surface area contributed by atoms with E-state index >= 15 is 0 Å². The summed E-state index contributed by atoms with van der Waals surface area (Å²) in [7, 11) is 0. The minimum Gasteiger partial charge on any atom is -0.331 e. The van der Waals surface area contributed by atoms with Gasteiger partial charge in [0.15, 0.2) is 0 Å². The maximum Gasteiger partial charge on any atom is 0.245 e. The molecule has 0 aliphatic rings. The summed E-state index contributed by atoms with van der Waals surface area (Å²) in [6.07, 6.45) is 0. The number of hydrogen-bond donors (Lipinski definition) is 1. The van der Waals surface area contributed by atoms with Gasteiger partial charge in [0.05, 0.1) is 11.4 Å². The number of nitrogens with zero attached hydrogens (tertiary/aromatic N) is 3. The van der Waals surface area contributed by atoms with Gasteiger partial charge in [-0.3, -0.25) is 9.59 Å². The van der Waals surface area contributed by atoms with Gasteiger partial charge in [0, 0.05) is 24.4 Å². The molecule has 2 amide bonds. The van der Waals surface area contributed by atoms with Gasteiger partial charge >= 0.3 is 0 Å². The summed E-state index contributed by atoms with van der Waals surface area (Å²) in [4.78, 5) is 26.0. The van der Waals surface area contributed by atoms with Crippen molar-refractivity contribution in [3.05, 3.63) is 41.1 Å². The van der Waals surface area contributed by atoms with Gasteiger partial charge in [0.1, 0.15) is 12.4 Å². The first-order chi connectivity index (χ1) is 12.9. The molecule has 2 aromatic rings. The summed E-state index contributed by atoms with van der Waals surface area (Å²) < 4.78 is 1.79. The fraction of sp³-hybridized carbons (Fsp3) is 0.500. The van der Waals surface area contributed by atoms with E-state index in [1.807, 2.05) is 39.0 Å². The first kappa shape index (κ1) is 21.7. The van der Waals surface area contributed by atoms with Crippen LogP contribution in [0.15, 0.2) is 24.3 Å². The van der Waals surface area contributed by atoms with E-state index < -0.39 is 0 Å². The summed E-state index contributed by atoms with van der Waals surface area (Å²) in [5, 5.41) is 7.73. The van der Waals surface area contributed by atoms with Crippen LogP contribution in [0, 0.1) is 13.8 Å². The number of aromatic nitrogens is 2. The van der Waals surface area contributed by atoms with Gasteiger partial charge in [-0.2, -0.15) is 5.10 Å². The molecule has 6 heteroatoms. The number of nitrogens with one attached hydrogen (secondary N) is 1. The van der Waals surface area contributed by atoms with E-state index in [1.54, 1.807) is 9.58 Å². The molecule has 2 rings (SSSR count). The highest BCUT2D eigenvalue weighted by Gasteiger charge is 2.23.